The summed E-state index contributed by atoms with van der Waals surface area (Å²) in [6.45, 7) is 10.8. The SMILES string of the molecule is CCCC(CCC=C(C)C)CCN1CCCC1. The second-order valence-corrected chi connectivity index (χ2v) is 5.85. The van der Waals surface area contributed by atoms with E-state index in [-0.39, 0.29) is 0 Å². The maximum absolute atomic E-state index is 2.66. The summed E-state index contributed by atoms with van der Waals surface area (Å²) in [6, 6.07) is 0. The molecule has 1 heterocycles. The molecule has 1 atom stereocenters. The Bertz CT molecular complexity index is 210. The Morgan fingerprint density at radius 2 is 1.82 bits per heavy atom. The van der Waals surface area contributed by atoms with Gasteiger partial charge in [0.25, 0.3) is 0 Å². The van der Waals surface area contributed by atoms with E-state index in [0.717, 1.165) is 5.92 Å². The summed E-state index contributed by atoms with van der Waals surface area (Å²) in [6.07, 6.45) is 12.1. The summed E-state index contributed by atoms with van der Waals surface area (Å²) in [5.41, 5.74) is 1.47. The fourth-order valence-electron chi connectivity index (χ4n) is 2.82. The van der Waals surface area contributed by atoms with E-state index in [4.69, 9.17) is 0 Å². The number of likely N-dealkylation sites (tertiary alicyclic amines) is 1. The standard InChI is InChI=1S/C16H31N/c1-4-8-16(10-7-9-15(2)3)11-14-17-12-5-6-13-17/h9,16H,4-8,10-14H2,1-3H3. The van der Waals surface area contributed by atoms with Gasteiger partial charge in [0.15, 0.2) is 0 Å². The number of allylic oxidation sites excluding steroid dienone is 2. The topological polar surface area (TPSA) is 3.24 Å². The molecule has 1 heteroatoms. The van der Waals surface area contributed by atoms with Crippen LogP contribution in [0.2, 0.25) is 0 Å². The molecule has 0 amide bonds. The number of nitrogens with zero attached hydrogens (tertiary/aromatic N) is 1. The highest BCUT2D eigenvalue weighted by atomic mass is 15.1. The minimum absolute atomic E-state index is 0.955. The van der Waals surface area contributed by atoms with Crippen LogP contribution < -0.4 is 0 Å². The summed E-state index contributed by atoms with van der Waals surface area (Å²) in [5, 5.41) is 0. The molecule has 0 aromatic rings. The van der Waals surface area contributed by atoms with Crippen molar-refractivity contribution in [3.8, 4) is 0 Å². The van der Waals surface area contributed by atoms with Crippen LogP contribution in [0.25, 0.3) is 0 Å². The zero-order valence-electron chi connectivity index (χ0n) is 12.2. The van der Waals surface area contributed by atoms with E-state index in [0.29, 0.717) is 0 Å². The summed E-state index contributed by atoms with van der Waals surface area (Å²) < 4.78 is 0. The van der Waals surface area contributed by atoms with Crippen molar-refractivity contribution in [3.63, 3.8) is 0 Å². The van der Waals surface area contributed by atoms with Gasteiger partial charge in [-0.15, -0.1) is 0 Å². The van der Waals surface area contributed by atoms with Crippen molar-refractivity contribution in [2.75, 3.05) is 19.6 Å². The van der Waals surface area contributed by atoms with Gasteiger partial charge >= 0.3 is 0 Å². The molecule has 0 N–H and O–H groups in total. The van der Waals surface area contributed by atoms with Crippen molar-refractivity contribution in [1.82, 2.24) is 4.90 Å². The summed E-state index contributed by atoms with van der Waals surface area (Å²) in [4.78, 5) is 2.66. The van der Waals surface area contributed by atoms with Gasteiger partial charge < -0.3 is 4.90 Å². The van der Waals surface area contributed by atoms with Crippen LogP contribution in [-0.4, -0.2) is 24.5 Å². The lowest BCUT2D eigenvalue weighted by molar-refractivity contribution is 0.288. The quantitative estimate of drug-likeness (QED) is 0.556. The number of hydrogen-bond acceptors (Lipinski definition) is 1. The zero-order chi connectivity index (χ0) is 12.5. The lowest BCUT2D eigenvalue weighted by Crippen LogP contribution is -2.22. The van der Waals surface area contributed by atoms with Crippen molar-refractivity contribution < 1.29 is 0 Å². The largest absolute Gasteiger partial charge is 0.303 e. The first-order valence-electron chi connectivity index (χ1n) is 7.58. The van der Waals surface area contributed by atoms with Gasteiger partial charge in [0, 0.05) is 0 Å². The van der Waals surface area contributed by atoms with Crippen LogP contribution in [0, 0.1) is 5.92 Å². The van der Waals surface area contributed by atoms with Crippen LogP contribution in [0.4, 0.5) is 0 Å². The van der Waals surface area contributed by atoms with Crippen LogP contribution in [0.1, 0.15) is 65.7 Å². The fourth-order valence-corrected chi connectivity index (χ4v) is 2.82. The van der Waals surface area contributed by atoms with E-state index < -0.39 is 0 Å². The van der Waals surface area contributed by atoms with E-state index in [1.807, 2.05) is 0 Å². The first-order valence-corrected chi connectivity index (χ1v) is 7.58. The van der Waals surface area contributed by atoms with E-state index >= 15 is 0 Å². The smallest absolute Gasteiger partial charge is 0.00161 e. The minimum atomic E-state index is 0.955. The molecule has 0 aliphatic carbocycles. The van der Waals surface area contributed by atoms with Crippen LogP contribution >= 0.6 is 0 Å². The Morgan fingerprint density at radius 3 is 2.41 bits per heavy atom. The summed E-state index contributed by atoms with van der Waals surface area (Å²) in [7, 11) is 0. The van der Waals surface area contributed by atoms with Gasteiger partial charge in [-0.3, -0.25) is 0 Å². The Labute approximate surface area is 108 Å². The molecule has 0 spiro atoms. The highest BCUT2D eigenvalue weighted by Gasteiger charge is 2.14. The maximum Gasteiger partial charge on any atom is -0.00161 e. The van der Waals surface area contributed by atoms with Gasteiger partial charge in [-0.2, -0.15) is 0 Å². The normalized spacial score (nSPS) is 18.3. The van der Waals surface area contributed by atoms with Crippen molar-refractivity contribution >= 4 is 0 Å². The fraction of sp³-hybridized carbons (Fsp3) is 0.875. The highest BCUT2D eigenvalue weighted by Crippen LogP contribution is 2.20. The Hall–Kier alpha value is -0.300. The number of rotatable bonds is 8. The molecule has 1 nitrogen and oxygen atoms in total. The van der Waals surface area contributed by atoms with Crippen molar-refractivity contribution in [2.45, 2.75) is 65.7 Å². The lowest BCUT2D eigenvalue weighted by atomic mass is 9.94. The third-order valence-corrected chi connectivity index (χ3v) is 3.88. The van der Waals surface area contributed by atoms with Gasteiger partial charge in [0.1, 0.15) is 0 Å². The Morgan fingerprint density at radius 1 is 1.12 bits per heavy atom. The molecule has 100 valence electrons. The molecule has 17 heavy (non-hydrogen) atoms. The molecule has 0 saturated carbocycles. The van der Waals surface area contributed by atoms with E-state index in [1.54, 1.807) is 0 Å². The van der Waals surface area contributed by atoms with Crippen molar-refractivity contribution in [3.05, 3.63) is 11.6 Å². The van der Waals surface area contributed by atoms with Gasteiger partial charge in [0.05, 0.1) is 0 Å². The molecule has 0 radical (unpaired) electrons. The minimum Gasteiger partial charge on any atom is -0.303 e. The van der Waals surface area contributed by atoms with Gasteiger partial charge in [0.2, 0.25) is 0 Å². The second-order valence-electron chi connectivity index (χ2n) is 5.85. The highest BCUT2D eigenvalue weighted by molar-refractivity contribution is 4.92. The molecular formula is C16H31N. The Kier molecular flexibility index (Phi) is 7.59. The predicted molar refractivity (Wildman–Crippen MR) is 77.4 cm³/mol. The first kappa shape index (κ1) is 14.8. The zero-order valence-corrected chi connectivity index (χ0v) is 12.2. The lowest BCUT2D eigenvalue weighted by Gasteiger charge is -2.20. The average Bonchev–Trinajstić information content (AvgIpc) is 2.78. The summed E-state index contributed by atoms with van der Waals surface area (Å²) in [5.74, 6) is 0.955. The van der Waals surface area contributed by atoms with Crippen LogP contribution in [-0.2, 0) is 0 Å². The first-order chi connectivity index (χ1) is 8.22. The predicted octanol–water partition coefficient (Wildman–Crippen LogP) is 4.64. The van der Waals surface area contributed by atoms with Crippen LogP contribution in [0.15, 0.2) is 11.6 Å². The molecule has 0 aromatic carbocycles. The summed E-state index contributed by atoms with van der Waals surface area (Å²) >= 11 is 0. The van der Waals surface area contributed by atoms with Gasteiger partial charge in [-0.05, 0) is 71.5 Å². The van der Waals surface area contributed by atoms with Crippen molar-refractivity contribution in [1.29, 1.82) is 0 Å². The van der Waals surface area contributed by atoms with E-state index in [2.05, 4.69) is 31.7 Å². The van der Waals surface area contributed by atoms with Crippen LogP contribution in [0.5, 0.6) is 0 Å². The second kappa shape index (κ2) is 8.74. The molecule has 1 fully saturated rings. The Balaban J connectivity index is 2.19. The maximum atomic E-state index is 2.66. The molecular weight excluding hydrogens is 206 g/mol. The third kappa shape index (κ3) is 6.88. The monoisotopic (exact) mass is 237 g/mol. The van der Waals surface area contributed by atoms with Crippen LogP contribution in [0.3, 0.4) is 0 Å². The molecule has 1 aliphatic heterocycles. The third-order valence-electron chi connectivity index (χ3n) is 3.88. The molecule has 0 aromatic heterocycles. The average molecular weight is 237 g/mol. The molecule has 1 rings (SSSR count). The number of hydrogen-bond donors (Lipinski definition) is 0. The van der Waals surface area contributed by atoms with E-state index in [1.165, 1.54) is 70.2 Å². The van der Waals surface area contributed by atoms with Gasteiger partial charge in [-0.1, -0.05) is 31.4 Å². The molecule has 0 bridgehead atoms. The van der Waals surface area contributed by atoms with Crippen molar-refractivity contribution in [2.24, 2.45) is 5.92 Å². The molecule has 1 unspecified atom stereocenters. The molecule has 1 aliphatic rings. The van der Waals surface area contributed by atoms with E-state index in [9.17, 15) is 0 Å². The van der Waals surface area contributed by atoms with Gasteiger partial charge in [-0.25, -0.2) is 0 Å². The molecule has 1 saturated heterocycles.